The molecule has 4 heterocycles. The van der Waals surface area contributed by atoms with Gasteiger partial charge in [0.05, 0.1) is 40.2 Å². The van der Waals surface area contributed by atoms with Gasteiger partial charge in [-0.05, 0) is 83.0 Å². The number of hydrogen-bond acceptors (Lipinski definition) is 9. The van der Waals surface area contributed by atoms with E-state index in [1.807, 2.05) is 42.9 Å². The summed E-state index contributed by atoms with van der Waals surface area (Å²) < 4.78 is 7.03. The highest BCUT2D eigenvalue weighted by Gasteiger charge is 2.21. The molecule has 270 valence electrons. The van der Waals surface area contributed by atoms with Crippen LogP contribution in [0.3, 0.4) is 0 Å². The first kappa shape index (κ1) is 35.5. The number of para-hydroxylation sites is 1. The van der Waals surface area contributed by atoms with Crippen molar-refractivity contribution in [2.24, 2.45) is 11.5 Å². The second-order valence-corrected chi connectivity index (χ2v) is 12.3. The Kier molecular flexibility index (Phi) is 10.1. The zero-order chi connectivity index (χ0) is 37.1. The Morgan fingerprint density at radius 2 is 1.31 bits per heavy atom. The van der Waals surface area contributed by atoms with Crippen LogP contribution in [0.2, 0.25) is 0 Å². The van der Waals surface area contributed by atoms with Crippen molar-refractivity contribution in [2.45, 2.75) is 66.7 Å². The van der Waals surface area contributed by atoms with Gasteiger partial charge in [0, 0.05) is 31.7 Å². The highest BCUT2D eigenvalue weighted by Crippen LogP contribution is 2.28. The quantitative estimate of drug-likeness (QED) is 0.104. The number of carbonyl (C=O) groups excluding carboxylic acids is 4. The minimum absolute atomic E-state index is 0.196. The Bertz CT molecular complexity index is 2330. The summed E-state index contributed by atoms with van der Waals surface area (Å²) in [6.45, 7) is 9.19. The van der Waals surface area contributed by atoms with Crippen molar-refractivity contribution in [1.82, 2.24) is 38.7 Å². The van der Waals surface area contributed by atoms with Gasteiger partial charge in [0.25, 0.3) is 11.8 Å². The van der Waals surface area contributed by atoms with E-state index in [1.54, 1.807) is 51.8 Å². The van der Waals surface area contributed by atoms with Crippen LogP contribution in [0.25, 0.3) is 22.1 Å². The number of benzene rings is 2. The number of anilines is 3. The van der Waals surface area contributed by atoms with Gasteiger partial charge >= 0.3 is 0 Å². The number of carbonyl (C=O) groups is 4. The standard InChI is InChI=1S/C35H41N13O4/c1-5-47-27(16-20(3)43-47)32(51)41-34-39-24-18-22(31(37)50)12-13-25(24)45(34)14-7-8-15-46-26-11-9-10-23(38-29(49)19-36)30(26)40-35(46)42-33(52)28-17-21(4)44-48(28)6-2/h9-13,16-18H,5-8,14-15,19,36H2,1-4H3,(H2,37,50)(H,38,49)(H,39,41,51)(H,40,42,52). The Morgan fingerprint density at radius 3 is 1.87 bits per heavy atom. The zero-order valence-corrected chi connectivity index (χ0v) is 29.4. The van der Waals surface area contributed by atoms with E-state index in [0.717, 1.165) is 0 Å². The number of imidazole rings is 2. The Labute approximate surface area is 298 Å². The van der Waals surface area contributed by atoms with Gasteiger partial charge in [-0.3, -0.25) is 39.2 Å². The summed E-state index contributed by atoms with van der Waals surface area (Å²) in [4.78, 5) is 60.5. The predicted molar refractivity (Wildman–Crippen MR) is 196 cm³/mol. The highest BCUT2D eigenvalue weighted by molar-refractivity contribution is 6.05. The molecule has 0 spiro atoms. The summed E-state index contributed by atoms with van der Waals surface area (Å²) in [6, 6.07) is 13.8. The number of nitrogens with one attached hydrogen (secondary N) is 3. The lowest BCUT2D eigenvalue weighted by Crippen LogP contribution is -2.21. The van der Waals surface area contributed by atoms with Gasteiger partial charge in [0.1, 0.15) is 16.9 Å². The third-order valence-electron chi connectivity index (χ3n) is 8.60. The van der Waals surface area contributed by atoms with Gasteiger partial charge in [-0.25, -0.2) is 9.97 Å². The molecule has 0 aliphatic rings. The number of hydrogen-bond donors (Lipinski definition) is 5. The van der Waals surface area contributed by atoms with Crippen molar-refractivity contribution in [2.75, 3.05) is 22.5 Å². The Hall–Kier alpha value is -6.36. The number of rotatable bonds is 14. The second-order valence-electron chi connectivity index (χ2n) is 12.3. The van der Waals surface area contributed by atoms with Crippen LogP contribution >= 0.6 is 0 Å². The van der Waals surface area contributed by atoms with Crippen LogP contribution in [0, 0.1) is 13.8 Å². The molecule has 0 bridgehead atoms. The topological polar surface area (TPSA) is 228 Å². The lowest BCUT2D eigenvalue weighted by Gasteiger charge is -2.13. The Morgan fingerprint density at radius 1 is 0.731 bits per heavy atom. The summed E-state index contributed by atoms with van der Waals surface area (Å²) in [5.41, 5.74) is 16.5. The van der Waals surface area contributed by atoms with Gasteiger partial charge in [0.15, 0.2) is 0 Å². The average molecular weight is 708 g/mol. The molecule has 4 amide bonds. The fourth-order valence-electron chi connectivity index (χ4n) is 6.19. The molecule has 0 aliphatic carbocycles. The van der Waals surface area contributed by atoms with E-state index >= 15 is 0 Å². The number of amides is 4. The smallest absolute Gasteiger partial charge is 0.276 e. The predicted octanol–water partition coefficient (Wildman–Crippen LogP) is 3.42. The van der Waals surface area contributed by atoms with Gasteiger partial charge in [-0.2, -0.15) is 10.2 Å². The maximum Gasteiger partial charge on any atom is 0.276 e. The molecule has 0 unspecified atom stereocenters. The van der Waals surface area contributed by atoms with Crippen molar-refractivity contribution < 1.29 is 19.2 Å². The zero-order valence-electron chi connectivity index (χ0n) is 29.4. The molecular weight excluding hydrogens is 666 g/mol. The van der Waals surface area contributed by atoms with E-state index in [1.165, 1.54) is 0 Å². The van der Waals surface area contributed by atoms with E-state index in [4.69, 9.17) is 16.5 Å². The fourth-order valence-corrected chi connectivity index (χ4v) is 6.19. The van der Waals surface area contributed by atoms with E-state index in [2.05, 4.69) is 31.1 Å². The molecule has 6 aromatic rings. The van der Waals surface area contributed by atoms with Gasteiger partial charge in [0.2, 0.25) is 23.7 Å². The number of nitrogens with two attached hydrogens (primary N) is 2. The van der Waals surface area contributed by atoms with Crippen LogP contribution in [0.15, 0.2) is 48.5 Å². The van der Waals surface area contributed by atoms with Crippen LogP contribution in [-0.2, 0) is 31.0 Å². The number of aromatic nitrogens is 8. The van der Waals surface area contributed by atoms with E-state index in [-0.39, 0.29) is 24.3 Å². The summed E-state index contributed by atoms with van der Waals surface area (Å²) >= 11 is 0. The fraction of sp³-hybridized carbons (Fsp3) is 0.314. The van der Waals surface area contributed by atoms with Gasteiger partial charge < -0.3 is 25.9 Å². The van der Waals surface area contributed by atoms with Crippen molar-refractivity contribution in [3.05, 3.63) is 76.9 Å². The minimum Gasteiger partial charge on any atom is -0.366 e. The van der Waals surface area contributed by atoms with Gasteiger partial charge in [-0.1, -0.05) is 6.07 Å². The molecule has 0 fully saturated rings. The van der Waals surface area contributed by atoms with Gasteiger partial charge in [-0.15, -0.1) is 0 Å². The molecule has 0 aliphatic heterocycles. The highest BCUT2D eigenvalue weighted by atomic mass is 16.2. The van der Waals surface area contributed by atoms with Crippen molar-refractivity contribution in [3.63, 3.8) is 0 Å². The molecular formula is C35H41N13O4. The molecule has 17 nitrogen and oxygen atoms in total. The van der Waals surface area contributed by atoms with E-state index < -0.39 is 5.91 Å². The third-order valence-corrected chi connectivity index (χ3v) is 8.60. The first-order valence-corrected chi connectivity index (χ1v) is 17.0. The number of aryl methyl sites for hydroxylation is 6. The average Bonchev–Trinajstić information content (AvgIpc) is 3.89. The number of primary amides is 1. The number of nitrogens with zero attached hydrogens (tertiary/aromatic N) is 8. The maximum atomic E-state index is 13.5. The molecule has 4 aromatic heterocycles. The lowest BCUT2D eigenvalue weighted by atomic mass is 10.2. The Balaban J connectivity index is 1.28. The van der Waals surface area contributed by atoms with Crippen molar-refractivity contribution in [3.8, 4) is 0 Å². The number of unbranched alkanes of at least 4 members (excludes halogenated alkanes) is 1. The molecule has 0 saturated heterocycles. The molecule has 6 rings (SSSR count). The first-order chi connectivity index (χ1) is 25.0. The molecule has 2 aromatic carbocycles. The second kappa shape index (κ2) is 14.9. The number of fused-ring (bicyclic) bond motifs is 2. The molecule has 52 heavy (non-hydrogen) atoms. The van der Waals surface area contributed by atoms with Crippen molar-refractivity contribution in [1.29, 1.82) is 0 Å². The van der Waals surface area contributed by atoms with Crippen LogP contribution in [0.5, 0.6) is 0 Å². The molecule has 0 radical (unpaired) electrons. The van der Waals surface area contributed by atoms with E-state index in [0.29, 0.717) is 107 Å². The summed E-state index contributed by atoms with van der Waals surface area (Å²) in [5, 5.41) is 17.5. The van der Waals surface area contributed by atoms with Crippen molar-refractivity contribution >= 4 is 63.3 Å². The largest absolute Gasteiger partial charge is 0.366 e. The molecule has 0 atom stereocenters. The monoisotopic (exact) mass is 707 g/mol. The lowest BCUT2D eigenvalue weighted by molar-refractivity contribution is -0.114. The maximum absolute atomic E-state index is 13.5. The van der Waals surface area contributed by atoms with Crippen LogP contribution < -0.4 is 27.4 Å². The van der Waals surface area contributed by atoms with E-state index in [9.17, 15) is 19.2 Å². The third kappa shape index (κ3) is 7.11. The van der Waals surface area contributed by atoms with Crippen LogP contribution in [-0.4, -0.2) is 68.8 Å². The molecule has 0 saturated carbocycles. The first-order valence-electron chi connectivity index (χ1n) is 17.0. The minimum atomic E-state index is -0.583. The normalized spacial score (nSPS) is 11.3. The van der Waals surface area contributed by atoms with Crippen LogP contribution in [0.1, 0.15) is 69.4 Å². The summed E-state index contributed by atoms with van der Waals surface area (Å²) in [5.74, 6) is -1.07. The molecule has 7 N–H and O–H groups in total. The summed E-state index contributed by atoms with van der Waals surface area (Å²) in [7, 11) is 0. The summed E-state index contributed by atoms with van der Waals surface area (Å²) in [6.07, 6.45) is 1.24. The molecule has 17 heteroatoms. The van der Waals surface area contributed by atoms with Crippen LogP contribution in [0.4, 0.5) is 17.6 Å². The SMILES string of the molecule is CCn1nc(C)cc1C(=O)Nc1nc2cc(C(N)=O)ccc2n1CCCCn1c(NC(=O)c2cc(C)nn2CC)nc2c(NC(=O)CN)cccc21.